The predicted octanol–water partition coefficient (Wildman–Crippen LogP) is 3.67. The van der Waals surface area contributed by atoms with E-state index in [1.807, 2.05) is 11.4 Å². The lowest BCUT2D eigenvalue weighted by Gasteiger charge is -2.14. The lowest BCUT2D eigenvalue weighted by atomic mass is 10.1. The van der Waals surface area contributed by atoms with Gasteiger partial charge in [-0.25, -0.2) is 0 Å². The van der Waals surface area contributed by atoms with Crippen LogP contribution in [0.5, 0.6) is 0 Å². The van der Waals surface area contributed by atoms with Gasteiger partial charge in [0.25, 0.3) is 0 Å². The molecule has 0 radical (unpaired) electrons. The van der Waals surface area contributed by atoms with Crippen molar-refractivity contribution in [2.75, 3.05) is 18.4 Å². The van der Waals surface area contributed by atoms with Gasteiger partial charge >= 0.3 is 0 Å². The summed E-state index contributed by atoms with van der Waals surface area (Å²) >= 11 is 1.48. The molecule has 0 fully saturated rings. The molecule has 0 aliphatic heterocycles. The number of anilines is 1. The molecule has 1 atom stereocenters. The fraction of sp³-hybridized carbons (Fsp3) is 0.316. The first-order chi connectivity index (χ1) is 11.8. The van der Waals surface area contributed by atoms with Crippen molar-refractivity contribution in [3.05, 3.63) is 63.1 Å². The van der Waals surface area contributed by atoms with E-state index in [0.29, 0.717) is 6.04 Å². The molecule has 5 heteroatoms. The monoisotopic (exact) mass is 339 g/mol. The summed E-state index contributed by atoms with van der Waals surface area (Å²) in [6.45, 7) is 1.81. The lowest BCUT2D eigenvalue weighted by Crippen LogP contribution is -2.22. The van der Waals surface area contributed by atoms with Crippen molar-refractivity contribution in [2.24, 2.45) is 0 Å². The average Bonchev–Trinajstić information content (AvgIpc) is 3.22. The largest absolute Gasteiger partial charge is 0.371 e. The minimum absolute atomic E-state index is 0.0851. The Morgan fingerprint density at radius 2 is 2.12 bits per heavy atom. The van der Waals surface area contributed by atoms with Crippen molar-refractivity contribution in [2.45, 2.75) is 25.3 Å². The second-order valence-electron chi connectivity index (χ2n) is 6.24. The van der Waals surface area contributed by atoms with Crippen LogP contribution in [0.15, 0.2) is 46.6 Å². The van der Waals surface area contributed by atoms with E-state index in [9.17, 15) is 4.79 Å². The normalized spacial score (nSPS) is 16.4. The average molecular weight is 339 g/mol. The lowest BCUT2D eigenvalue weighted by molar-refractivity contribution is 0.525. The maximum atomic E-state index is 12.0. The van der Waals surface area contributed by atoms with Gasteiger partial charge in [-0.1, -0.05) is 24.3 Å². The molecule has 2 aromatic heterocycles. The zero-order valence-electron chi connectivity index (χ0n) is 13.5. The number of fused-ring (bicyclic) bond motifs is 2. The number of H-pyrrole nitrogens is 1. The summed E-state index contributed by atoms with van der Waals surface area (Å²) in [6, 6.07) is 12.8. The molecule has 4 rings (SSSR count). The maximum absolute atomic E-state index is 12.0. The van der Waals surface area contributed by atoms with Crippen LogP contribution in [-0.2, 0) is 6.42 Å². The molecule has 4 nitrogen and oxygen atoms in total. The Kier molecular flexibility index (Phi) is 4.36. The molecule has 0 spiro atoms. The molecular formula is C19H21N3OS. The second-order valence-corrected chi connectivity index (χ2v) is 7.15. The predicted molar refractivity (Wildman–Crippen MR) is 101 cm³/mol. The van der Waals surface area contributed by atoms with Gasteiger partial charge in [-0.3, -0.25) is 4.79 Å². The Bertz CT molecular complexity index is 899. The van der Waals surface area contributed by atoms with Gasteiger partial charge < -0.3 is 15.6 Å². The van der Waals surface area contributed by atoms with Crippen LogP contribution < -0.4 is 16.1 Å². The molecule has 1 unspecified atom stereocenters. The van der Waals surface area contributed by atoms with Crippen molar-refractivity contribution in [3.63, 3.8) is 0 Å². The zero-order chi connectivity index (χ0) is 16.4. The van der Waals surface area contributed by atoms with Gasteiger partial charge in [0, 0.05) is 18.7 Å². The smallest absolute Gasteiger partial charge is 0.201 e. The Balaban J connectivity index is 1.27. The highest BCUT2D eigenvalue weighted by Crippen LogP contribution is 2.30. The number of aromatic nitrogens is 1. The molecule has 1 aliphatic carbocycles. The van der Waals surface area contributed by atoms with Gasteiger partial charge in [-0.05, 0) is 48.4 Å². The first-order valence-corrected chi connectivity index (χ1v) is 9.35. The number of pyridine rings is 1. The van der Waals surface area contributed by atoms with E-state index in [-0.39, 0.29) is 5.43 Å². The van der Waals surface area contributed by atoms with E-state index in [4.69, 9.17) is 0 Å². The molecule has 24 heavy (non-hydrogen) atoms. The molecule has 1 aromatic carbocycles. The molecule has 0 saturated carbocycles. The molecule has 1 aliphatic rings. The van der Waals surface area contributed by atoms with Crippen LogP contribution in [0.1, 0.15) is 30.0 Å². The van der Waals surface area contributed by atoms with Gasteiger partial charge in [0.2, 0.25) is 5.43 Å². The number of aryl methyl sites for hydroxylation is 1. The highest BCUT2D eigenvalue weighted by atomic mass is 32.1. The van der Waals surface area contributed by atoms with Crippen molar-refractivity contribution in [1.82, 2.24) is 10.3 Å². The molecule has 2 heterocycles. The van der Waals surface area contributed by atoms with E-state index in [1.54, 1.807) is 6.07 Å². The molecule has 124 valence electrons. The van der Waals surface area contributed by atoms with Crippen LogP contribution in [-0.4, -0.2) is 18.1 Å². The van der Waals surface area contributed by atoms with E-state index in [2.05, 4.69) is 39.9 Å². The number of nitrogens with one attached hydrogen (secondary N) is 3. The number of thiophene rings is 1. The topological polar surface area (TPSA) is 56.9 Å². The van der Waals surface area contributed by atoms with Crippen LogP contribution in [0, 0.1) is 0 Å². The van der Waals surface area contributed by atoms with Crippen molar-refractivity contribution in [3.8, 4) is 0 Å². The van der Waals surface area contributed by atoms with Gasteiger partial charge in [-0.2, -0.15) is 0 Å². The minimum Gasteiger partial charge on any atom is -0.371 e. The summed E-state index contributed by atoms with van der Waals surface area (Å²) in [5.41, 5.74) is 3.94. The molecule has 0 amide bonds. The van der Waals surface area contributed by atoms with Crippen molar-refractivity contribution < 1.29 is 0 Å². The van der Waals surface area contributed by atoms with Crippen molar-refractivity contribution >= 4 is 27.4 Å². The molecule has 3 N–H and O–H groups in total. The Morgan fingerprint density at radius 3 is 3.08 bits per heavy atom. The number of hydrogen-bond acceptors (Lipinski definition) is 4. The summed E-state index contributed by atoms with van der Waals surface area (Å²) < 4.78 is 0.794. The Labute approximate surface area is 144 Å². The summed E-state index contributed by atoms with van der Waals surface area (Å²) in [6.07, 6.45) is 3.38. The third-order valence-corrected chi connectivity index (χ3v) is 5.56. The number of hydrogen-bond donors (Lipinski definition) is 3. The first-order valence-electron chi connectivity index (χ1n) is 8.47. The van der Waals surface area contributed by atoms with E-state index in [0.717, 1.165) is 35.5 Å². The van der Waals surface area contributed by atoms with E-state index >= 15 is 0 Å². The van der Waals surface area contributed by atoms with E-state index < -0.39 is 0 Å². The summed E-state index contributed by atoms with van der Waals surface area (Å²) in [5.74, 6) is 0.803. The van der Waals surface area contributed by atoms with Crippen LogP contribution in [0.25, 0.3) is 10.2 Å². The Morgan fingerprint density at radius 1 is 1.21 bits per heavy atom. The standard InChI is InChI=1S/C19H21N3OS/c23-17-12-18(22-16-8-11-24-19(16)17)21-10-3-9-20-15-7-6-13-4-1-2-5-14(13)15/h1-2,4-5,8,11-12,15,20H,3,6-7,9-10H2,(H2,21,22,23). The SMILES string of the molecule is O=c1cc(NCCCNC2CCc3ccccc32)[nH]c2ccsc12. The zero-order valence-corrected chi connectivity index (χ0v) is 14.3. The summed E-state index contributed by atoms with van der Waals surface area (Å²) in [4.78, 5) is 15.2. The molecule has 0 bridgehead atoms. The quantitative estimate of drug-likeness (QED) is 0.601. The minimum atomic E-state index is 0.0851. The molecular weight excluding hydrogens is 318 g/mol. The maximum Gasteiger partial charge on any atom is 0.201 e. The number of aromatic amines is 1. The van der Waals surface area contributed by atoms with Gasteiger partial charge in [0.1, 0.15) is 5.82 Å². The fourth-order valence-corrected chi connectivity index (χ4v) is 4.19. The highest BCUT2D eigenvalue weighted by molar-refractivity contribution is 7.17. The summed E-state index contributed by atoms with van der Waals surface area (Å²) in [5, 5.41) is 8.91. The third-order valence-electron chi connectivity index (χ3n) is 4.63. The second kappa shape index (κ2) is 6.79. The van der Waals surface area contributed by atoms with Gasteiger partial charge in [0.05, 0.1) is 10.2 Å². The van der Waals surface area contributed by atoms with Gasteiger partial charge in [-0.15, -0.1) is 11.3 Å². The molecule has 0 saturated heterocycles. The van der Waals surface area contributed by atoms with Crippen LogP contribution in [0.2, 0.25) is 0 Å². The number of benzene rings is 1. The van der Waals surface area contributed by atoms with E-state index in [1.165, 1.54) is 35.3 Å². The van der Waals surface area contributed by atoms with Crippen LogP contribution in [0.4, 0.5) is 5.82 Å². The van der Waals surface area contributed by atoms with Crippen LogP contribution >= 0.6 is 11.3 Å². The highest BCUT2D eigenvalue weighted by Gasteiger charge is 2.20. The fourth-order valence-electron chi connectivity index (χ4n) is 3.43. The van der Waals surface area contributed by atoms with Crippen LogP contribution in [0.3, 0.4) is 0 Å². The van der Waals surface area contributed by atoms with Crippen molar-refractivity contribution in [1.29, 1.82) is 0 Å². The number of rotatable bonds is 6. The summed E-state index contributed by atoms with van der Waals surface area (Å²) in [7, 11) is 0. The first kappa shape index (κ1) is 15.4. The Hall–Kier alpha value is -2.11. The van der Waals surface area contributed by atoms with Gasteiger partial charge in [0.15, 0.2) is 0 Å². The molecule has 3 aromatic rings. The third kappa shape index (κ3) is 3.09.